The third-order valence-corrected chi connectivity index (χ3v) is 5.21. The summed E-state index contributed by atoms with van der Waals surface area (Å²) >= 11 is 0. The highest BCUT2D eigenvalue weighted by atomic mass is 16.5. The number of nitrogens with two attached hydrogens (primary N) is 1. The quantitative estimate of drug-likeness (QED) is 0.641. The molecule has 1 aliphatic rings. The molecule has 0 fully saturated rings. The molecule has 0 saturated heterocycles. The molecule has 31 heavy (non-hydrogen) atoms. The summed E-state index contributed by atoms with van der Waals surface area (Å²) in [7, 11) is 1.36. The van der Waals surface area contributed by atoms with E-state index in [1.165, 1.54) is 7.11 Å². The second-order valence-corrected chi connectivity index (χ2v) is 7.08. The molecule has 3 aromatic rings. The molecule has 2 heterocycles. The molecule has 6 nitrogen and oxygen atoms in total. The Kier molecular flexibility index (Phi) is 5.37. The predicted molar refractivity (Wildman–Crippen MR) is 120 cm³/mol. The van der Waals surface area contributed by atoms with Crippen molar-refractivity contribution in [1.82, 2.24) is 4.98 Å². The van der Waals surface area contributed by atoms with Gasteiger partial charge in [-0.05, 0) is 53.1 Å². The lowest BCUT2D eigenvalue weighted by molar-refractivity contribution is -0.136. The monoisotopic (exact) mass is 411 g/mol. The zero-order chi connectivity index (χ0) is 22.0. The molecule has 4 rings (SSSR count). The van der Waals surface area contributed by atoms with Crippen molar-refractivity contribution in [2.24, 2.45) is 5.73 Å². The molecule has 6 heteroatoms. The van der Waals surface area contributed by atoms with Crippen LogP contribution in [-0.4, -0.2) is 24.0 Å². The van der Waals surface area contributed by atoms with Crippen LogP contribution in [0.1, 0.15) is 21.5 Å². The van der Waals surface area contributed by atoms with Crippen molar-refractivity contribution in [3.05, 3.63) is 107 Å². The number of methoxy groups -OCH3 is 1. The third-order valence-electron chi connectivity index (χ3n) is 5.21. The highest BCUT2D eigenvalue weighted by Gasteiger charge is 2.34. The summed E-state index contributed by atoms with van der Waals surface area (Å²) in [6.45, 7) is 4.27. The van der Waals surface area contributed by atoms with E-state index in [4.69, 9.17) is 10.5 Å². The van der Waals surface area contributed by atoms with Gasteiger partial charge in [0.2, 0.25) is 5.91 Å². The van der Waals surface area contributed by atoms with Gasteiger partial charge in [-0.25, -0.2) is 9.78 Å². The molecular formula is C25H21N3O3. The zero-order valence-electron chi connectivity index (χ0n) is 17.0. The molecule has 0 atom stereocenters. The molecular weight excluding hydrogens is 390 g/mol. The van der Waals surface area contributed by atoms with Gasteiger partial charge in [0.15, 0.2) is 0 Å². The van der Waals surface area contributed by atoms with Gasteiger partial charge in [0, 0.05) is 29.4 Å². The number of pyridine rings is 1. The number of primary amides is 1. The number of para-hydroxylation sites is 1. The first-order chi connectivity index (χ1) is 15.0. The Balaban J connectivity index is 1.90. The SMILES string of the molecule is C=C1C(Cc2ccc(C(N)=O)cc2)=C(C(=O)OC)N(c2ccccc2)c2ncccc21. The Labute approximate surface area is 180 Å². The summed E-state index contributed by atoms with van der Waals surface area (Å²) in [5, 5.41) is 0. The molecule has 2 N–H and O–H groups in total. The van der Waals surface area contributed by atoms with E-state index in [2.05, 4.69) is 11.6 Å². The molecule has 1 amide bonds. The number of carbonyl (C=O) groups excluding carboxylic acids is 2. The van der Waals surface area contributed by atoms with Crippen LogP contribution in [0.3, 0.4) is 0 Å². The Morgan fingerprint density at radius 2 is 1.74 bits per heavy atom. The molecule has 0 bridgehead atoms. The lowest BCUT2D eigenvalue weighted by Gasteiger charge is -2.34. The molecule has 2 aromatic carbocycles. The molecule has 154 valence electrons. The Morgan fingerprint density at radius 3 is 2.39 bits per heavy atom. The van der Waals surface area contributed by atoms with Crippen molar-refractivity contribution in [3.8, 4) is 0 Å². The van der Waals surface area contributed by atoms with Crippen LogP contribution < -0.4 is 10.6 Å². The van der Waals surface area contributed by atoms with Crippen LogP contribution in [0.25, 0.3) is 5.57 Å². The van der Waals surface area contributed by atoms with E-state index in [1.54, 1.807) is 18.3 Å². The van der Waals surface area contributed by atoms with E-state index in [0.717, 1.165) is 22.4 Å². The lowest BCUT2D eigenvalue weighted by atomic mass is 9.88. The fraction of sp³-hybridized carbons (Fsp3) is 0.0800. The number of carbonyl (C=O) groups is 2. The Bertz CT molecular complexity index is 1200. The van der Waals surface area contributed by atoms with Crippen molar-refractivity contribution in [3.63, 3.8) is 0 Å². The van der Waals surface area contributed by atoms with Crippen molar-refractivity contribution in [2.75, 3.05) is 12.0 Å². The first-order valence-corrected chi connectivity index (χ1v) is 9.71. The number of nitrogens with zero attached hydrogens (tertiary/aromatic N) is 2. The number of esters is 1. The van der Waals surface area contributed by atoms with E-state index in [0.29, 0.717) is 29.1 Å². The third kappa shape index (κ3) is 3.71. The number of fused-ring (bicyclic) bond motifs is 1. The van der Waals surface area contributed by atoms with Gasteiger partial charge in [0.25, 0.3) is 0 Å². The molecule has 0 unspecified atom stereocenters. The van der Waals surface area contributed by atoms with Crippen LogP contribution in [0.4, 0.5) is 11.5 Å². The van der Waals surface area contributed by atoms with Gasteiger partial charge in [0.05, 0.1) is 7.11 Å². The number of amides is 1. The highest BCUT2D eigenvalue weighted by molar-refractivity contribution is 6.05. The number of rotatable bonds is 5. The number of allylic oxidation sites excluding steroid dienone is 2. The Hall–Kier alpha value is -4.19. The van der Waals surface area contributed by atoms with Crippen molar-refractivity contribution < 1.29 is 14.3 Å². The van der Waals surface area contributed by atoms with Crippen LogP contribution in [0.2, 0.25) is 0 Å². The maximum absolute atomic E-state index is 13.0. The molecule has 0 radical (unpaired) electrons. The number of benzene rings is 2. The van der Waals surface area contributed by atoms with E-state index in [1.807, 2.05) is 59.5 Å². The van der Waals surface area contributed by atoms with Crippen LogP contribution in [0.5, 0.6) is 0 Å². The van der Waals surface area contributed by atoms with Crippen LogP contribution >= 0.6 is 0 Å². The minimum absolute atomic E-state index is 0.365. The average Bonchev–Trinajstić information content (AvgIpc) is 2.81. The first kappa shape index (κ1) is 20.1. The van der Waals surface area contributed by atoms with Gasteiger partial charge >= 0.3 is 5.97 Å². The topological polar surface area (TPSA) is 85.5 Å². The summed E-state index contributed by atoms with van der Waals surface area (Å²) in [5.74, 6) is -0.352. The van der Waals surface area contributed by atoms with Crippen molar-refractivity contribution in [1.29, 1.82) is 0 Å². The second kappa shape index (κ2) is 8.28. The van der Waals surface area contributed by atoms with E-state index in [-0.39, 0.29) is 0 Å². The Morgan fingerprint density at radius 1 is 1.03 bits per heavy atom. The standard InChI is InChI=1S/C25H21N3O3/c1-16-20-9-6-14-27-24(20)28(19-7-4-3-5-8-19)22(25(30)31-2)21(16)15-17-10-12-18(13-11-17)23(26)29/h3-14H,1,15H2,2H3,(H2,26,29). The summed E-state index contributed by atoms with van der Waals surface area (Å²) in [5.41, 5.74) is 10.1. The minimum atomic E-state index is -0.488. The normalized spacial score (nSPS) is 13.1. The number of aromatic nitrogens is 1. The number of anilines is 2. The van der Waals surface area contributed by atoms with Gasteiger partial charge in [-0.3, -0.25) is 9.69 Å². The highest BCUT2D eigenvalue weighted by Crippen LogP contribution is 2.43. The van der Waals surface area contributed by atoms with Gasteiger partial charge in [0.1, 0.15) is 11.5 Å². The zero-order valence-corrected chi connectivity index (χ0v) is 17.0. The summed E-state index contributed by atoms with van der Waals surface area (Å²) in [6.07, 6.45) is 2.10. The maximum atomic E-state index is 13.0. The first-order valence-electron chi connectivity index (χ1n) is 9.71. The van der Waals surface area contributed by atoms with Gasteiger partial charge in [-0.15, -0.1) is 0 Å². The largest absolute Gasteiger partial charge is 0.464 e. The lowest BCUT2D eigenvalue weighted by Crippen LogP contribution is -2.31. The minimum Gasteiger partial charge on any atom is -0.464 e. The predicted octanol–water partition coefficient (Wildman–Crippen LogP) is 4.02. The van der Waals surface area contributed by atoms with E-state index < -0.39 is 11.9 Å². The van der Waals surface area contributed by atoms with Crippen molar-refractivity contribution >= 4 is 29.0 Å². The smallest absolute Gasteiger partial charge is 0.355 e. The van der Waals surface area contributed by atoms with Crippen molar-refractivity contribution in [2.45, 2.75) is 6.42 Å². The fourth-order valence-electron chi connectivity index (χ4n) is 3.68. The molecule has 1 aromatic heterocycles. The van der Waals surface area contributed by atoms with Gasteiger partial charge < -0.3 is 10.5 Å². The molecule has 1 aliphatic heterocycles. The van der Waals surface area contributed by atoms with Gasteiger partial charge in [-0.1, -0.05) is 36.9 Å². The molecule has 0 aliphatic carbocycles. The van der Waals surface area contributed by atoms with Crippen LogP contribution in [0, 0.1) is 0 Å². The number of hydrogen-bond acceptors (Lipinski definition) is 5. The average molecular weight is 411 g/mol. The van der Waals surface area contributed by atoms with E-state index >= 15 is 0 Å². The fourth-order valence-corrected chi connectivity index (χ4v) is 3.68. The van der Waals surface area contributed by atoms with Gasteiger partial charge in [-0.2, -0.15) is 0 Å². The molecule has 0 saturated carbocycles. The second-order valence-electron chi connectivity index (χ2n) is 7.08. The summed E-state index contributed by atoms with van der Waals surface area (Å²) in [6, 6.07) is 20.3. The summed E-state index contributed by atoms with van der Waals surface area (Å²) in [4.78, 5) is 30.7. The number of ether oxygens (including phenoxy) is 1. The number of hydrogen-bond donors (Lipinski definition) is 1. The van der Waals surface area contributed by atoms with E-state index in [9.17, 15) is 9.59 Å². The van der Waals surface area contributed by atoms with Crippen LogP contribution in [0.15, 0.2) is 90.8 Å². The summed E-state index contributed by atoms with van der Waals surface area (Å²) < 4.78 is 5.15. The van der Waals surface area contributed by atoms with Crippen LogP contribution in [-0.2, 0) is 16.0 Å². The molecule has 0 spiro atoms. The maximum Gasteiger partial charge on any atom is 0.355 e.